The second kappa shape index (κ2) is 6.33. The molecular formula is C15H26N4. The Morgan fingerprint density at radius 1 is 1.32 bits per heavy atom. The van der Waals surface area contributed by atoms with E-state index in [2.05, 4.69) is 47.8 Å². The first-order valence-corrected chi connectivity index (χ1v) is 7.30. The lowest BCUT2D eigenvalue weighted by molar-refractivity contribution is 0.290. The van der Waals surface area contributed by atoms with Crippen molar-refractivity contribution in [1.29, 1.82) is 0 Å². The van der Waals surface area contributed by atoms with Gasteiger partial charge in [0, 0.05) is 20.1 Å². The lowest BCUT2D eigenvalue weighted by Crippen LogP contribution is -2.33. The van der Waals surface area contributed by atoms with Crippen LogP contribution in [-0.2, 0) is 0 Å². The third-order valence-corrected chi connectivity index (χ3v) is 4.05. The first kappa shape index (κ1) is 14.3. The molecule has 1 aromatic rings. The normalized spacial score (nSPS) is 17.7. The zero-order chi connectivity index (χ0) is 13.8. The standard InChI is InChI=1S/C15H26N4/c1-12(11-19-7-5-6-8-19)10-18(4)15-14(3)13(2)9-16-17-15/h9,12H,5-8,10-11H2,1-4H3. The van der Waals surface area contributed by atoms with Crippen LogP contribution in [0.15, 0.2) is 6.20 Å². The second-order valence-electron chi connectivity index (χ2n) is 5.97. The molecule has 1 unspecified atom stereocenters. The van der Waals surface area contributed by atoms with Crippen molar-refractivity contribution < 1.29 is 0 Å². The molecule has 4 heteroatoms. The van der Waals surface area contributed by atoms with Crippen LogP contribution in [0.3, 0.4) is 0 Å². The summed E-state index contributed by atoms with van der Waals surface area (Å²) >= 11 is 0. The van der Waals surface area contributed by atoms with E-state index in [0.29, 0.717) is 5.92 Å². The number of likely N-dealkylation sites (tertiary alicyclic amines) is 1. The van der Waals surface area contributed by atoms with Crippen molar-refractivity contribution in [1.82, 2.24) is 15.1 Å². The number of nitrogens with zero attached hydrogens (tertiary/aromatic N) is 4. The van der Waals surface area contributed by atoms with Crippen LogP contribution >= 0.6 is 0 Å². The van der Waals surface area contributed by atoms with E-state index in [-0.39, 0.29) is 0 Å². The van der Waals surface area contributed by atoms with Gasteiger partial charge in [-0.2, -0.15) is 5.10 Å². The van der Waals surface area contributed by atoms with Crippen LogP contribution in [-0.4, -0.2) is 48.3 Å². The maximum absolute atomic E-state index is 4.29. The van der Waals surface area contributed by atoms with Gasteiger partial charge in [0.1, 0.15) is 0 Å². The van der Waals surface area contributed by atoms with E-state index < -0.39 is 0 Å². The predicted octanol–water partition coefficient (Wildman–Crippen LogP) is 2.26. The van der Waals surface area contributed by atoms with Gasteiger partial charge in [-0.1, -0.05) is 6.92 Å². The fraction of sp³-hybridized carbons (Fsp3) is 0.733. The Bertz CT molecular complexity index is 413. The van der Waals surface area contributed by atoms with Gasteiger partial charge in [0.25, 0.3) is 0 Å². The molecule has 0 amide bonds. The van der Waals surface area contributed by atoms with E-state index in [0.717, 1.165) is 12.4 Å². The Balaban J connectivity index is 1.92. The smallest absolute Gasteiger partial charge is 0.154 e. The van der Waals surface area contributed by atoms with Gasteiger partial charge in [-0.15, -0.1) is 5.10 Å². The SMILES string of the molecule is Cc1cnnc(N(C)CC(C)CN2CCCC2)c1C. The van der Waals surface area contributed by atoms with Crippen LogP contribution in [0.1, 0.15) is 30.9 Å². The van der Waals surface area contributed by atoms with Gasteiger partial charge in [0.15, 0.2) is 5.82 Å². The van der Waals surface area contributed by atoms with E-state index in [1.54, 1.807) is 0 Å². The zero-order valence-electron chi connectivity index (χ0n) is 12.7. The maximum Gasteiger partial charge on any atom is 0.154 e. The summed E-state index contributed by atoms with van der Waals surface area (Å²) in [5.41, 5.74) is 2.45. The molecule has 0 N–H and O–H groups in total. The molecule has 1 fully saturated rings. The molecular weight excluding hydrogens is 236 g/mol. The van der Waals surface area contributed by atoms with Gasteiger partial charge in [-0.25, -0.2) is 0 Å². The Hall–Kier alpha value is -1.16. The number of aromatic nitrogens is 2. The highest BCUT2D eigenvalue weighted by molar-refractivity contribution is 5.47. The van der Waals surface area contributed by atoms with Crippen LogP contribution in [0, 0.1) is 19.8 Å². The van der Waals surface area contributed by atoms with Crippen LogP contribution in [0.2, 0.25) is 0 Å². The third kappa shape index (κ3) is 3.66. The molecule has 0 aliphatic carbocycles. The highest BCUT2D eigenvalue weighted by Crippen LogP contribution is 2.19. The van der Waals surface area contributed by atoms with E-state index in [9.17, 15) is 0 Å². The minimum absolute atomic E-state index is 0.657. The molecule has 1 aromatic heterocycles. The number of hydrogen-bond donors (Lipinski definition) is 0. The van der Waals surface area contributed by atoms with E-state index in [1.807, 2.05) is 6.20 Å². The molecule has 4 nitrogen and oxygen atoms in total. The van der Waals surface area contributed by atoms with Crippen molar-refractivity contribution >= 4 is 5.82 Å². The lowest BCUT2D eigenvalue weighted by Gasteiger charge is -2.26. The van der Waals surface area contributed by atoms with Gasteiger partial charge in [0.05, 0.1) is 6.20 Å². The van der Waals surface area contributed by atoms with E-state index >= 15 is 0 Å². The van der Waals surface area contributed by atoms with Crippen LogP contribution < -0.4 is 4.90 Å². The summed E-state index contributed by atoms with van der Waals surface area (Å²) in [7, 11) is 2.12. The topological polar surface area (TPSA) is 32.3 Å². The molecule has 2 heterocycles. The van der Waals surface area contributed by atoms with Gasteiger partial charge in [0.2, 0.25) is 0 Å². The summed E-state index contributed by atoms with van der Waals surface area (Å²) in [5, 5.41) is 8.36. The van der Waals surface area contributed by atoms with Crippen molar-refractivity contribution in [3.63, 3.8) is 0 Å². The molecule has 1 aliphatic heterocycles. The Morgan fingerprint density at radius 3 is 2.68 bits per heavy atom. The van der Waals surface area contributed by atoms with E-state index in [1.165, 1.54) is 43.6 Å². The Kier molecular flexibility index (Phi) is 4.75. The summed E-state index contributed by atoms with van der Waals surface area (Å²) < 4.78 is 0. The average Bonchev–Trinajstić information content (AvgIpc) is 2.85. The van der Waals surface area contributed by atoms with E-state index in [4.69, 9.17) is 0 Å². The maximum atomic E-state index is 4.29. The molecule has 1 aliphatic rings. The molecule has 0 aromatic carbocycles. The molecule has 19 heavy (non-hydrogen) atoms. The molecule has 0 bridgehead atoms. The van der Waals surface area contributed by atoms with Crippen LogP contribution in [0.25, 0.3) is 0 Å². The summed E-state index contributed by atoms with van der Waals surface area (Å²) in [4.78, 5) is 4.82. The molecule has 0 radical (unpaired) electrons. The minimum Gasteiger partial charge on any atom is -0.358 e. The molecule has 2 rings (SSSR count). The molecule has 106 valence electrons. The first-order chi connectivity index (χ1) is 9.08. The summed E-state index contributed by atoms with van der Waals surface area (Å²) in [6.07, 6.45) is 4.57. The molecule has 1 saturated heterocycles. The van der Waals surface area contributed by atoms with Gasteiger partial charge in [-0.3, -0.25) is 0 Å². The van der Waals surface area contributed by atoms with Crippen molar-refractivity contribution in [2.45, 2.75) is 33.6 Å². The van der Waals surface area contributed by atoms with Crippen molar-refractivity contribution in [3.8, 4) is 0 Å². The largest absolute Gasteiger partial charge is 0.358 e. The van der Waals surface area contributed by atoms with Gasteiger partial charge < -0.3 is 9.80 Å². The fourth-order valence-corrected chi connectivity index (χ4v) is 2.90. The first-order valence-electron chi connectivity index (χ1n) is 7.30. The molecule has 0 saturated carbocycles. The van der Waals surface area contributed by atoms with Crippen molar-refractivity contribution in [2.24, 2.45) is 5.92 Å². The van der Waals surface area contributed by atoms with Crippen LogP contribution in [0.4, 0.5) is 5.82 Å². The Labute approximate surface area is 116 Å². The number of aryl methyl sites for hydroxylation is 1. The fourth-order valence-electron chi connectivity index (χ4n) is 2.90. The summed E-state index contributed by atoms with van der Waals surface area (Å²) in [6.45, 7) is 11.3. The lowest BCUT2D eigenvalue weighted by atomic mass is 10.1. The predicted molar refractivity (Wildman–Crippen MR) is 79.6 cm³/mol. The summed E-state index contributed by atoms with van der Waals surface area (Å²) in [5.74, 6) is 1.68. The number of rotatable bonds is 5. The summed E-state index contributed by atoms with van der Waals surface area (Å²) in [6, 6.07) is 0. The zero-order valence-corrected chi connectivity index (χ0v) is 12.7. The van der Waals surface area contributed by atoms with Crippen LogP contribution in [0.5, 0.6) is 0 Å². The van der Waals surface area contributed by atoms with Gasteiger partial charge >= 0.3 is 0 Å². The second-order valence-corrected chi connectivity index (χ2v) is 5.97. The molecule has 1 atom stereocenters. The highest BCUT2D eigenvalue weighted by Gasteiger charge is 2.17. The number of anilines is 1. The highest BCUT2D eigenvalue weighted by atomic mass is 15.2. The minimum atomic E-state index is 0.657. The average molecular weight is 262 g/mol. The molecule has 0 spiro atoms. The van der Waals surface area contributed by atoms with Gasteiger partial charge in [-0.05, 0) is 56.8 Å². The third-order valence-electron chi connectivity index (χ3n) is 4.05. The monoisotopic (exact) mass is 262 g/mol. The van der Waals surface area contributed by atoms with Crippen molar-refractivity contribution in [3.05, 3.63) is 17.3 Å². The van der Waals surface area contributed by atoms with Crippen molar-refractivity contribution in [2.75, 3.05) is 38.1 Å². The quantitative estimate of drug-likeness (QED) is 0.815. The number of hydrogen-bond acceptors (Lipinski definition) is 4. The Morgan fingerprint density at radius 2 is 2.00 bits per heavy atom.